The number of anilines is 2. The average molecular weight is 352 g/mol. The number of carbonyl (C=O) groups excluding carboxylic acids is 2. The first-order valence-electron chi connectivity index (χ1n) is 5.58. The lowest BCUT2D eigenvalue weighted by Crippen LogP contribution is -2.19. The Hall–Kier alpha value is -1.99. The van der Waals surface area contributed by atoms with Crippen molar-refractivity contribution in [2.75, 3.05) is 10.6 Å². The molecule has 1 heterocycles. The van der Waals surface area contributed by atoms with Gasteiger partial charge in [0.15, 0.2) is 5.13 Å². The highest BCUT2D eigenvalue weighted by Gasteiger charge is 2.05. The van der Waals surface area contributed by atoms with Crippen LogP contribution in [0.15, 0.2) is 40.2 Å². The molecule has 0 saturated heterocycles. The highest BCUT2D eigenvalue weighted by molar-refractivity contribution is 9.10. The molecule has 0 saturated carbocycles. The number of urea groups is 1. The lowest BCUT2D eigenvalue weighted by atomic mass is 10.3. The summed E-state index contributed by atoms with van der Waals surface area (Å²) in [6.07, 6.45) is 3.59. The molecule has 2 aromatic rings. The largest absolute Gasteiger partial charge is 0.325 e. The topological polar surface area (TPSA) is 71.1 Å². The van der Waals surface area contributed by atoms with Crippen molar-refractivity contribution in [1.29, 1.82) is 0 Å². The van der Waals surface area contributed by atoms with Crippen molar-refractivity contribution in [3.05, 3.63) is 45.9 Å². The Balaban J connectivity index is 1.94. The number of nitrogens with zero attached hydrogens (tertiary/aromatic N) is 1. The van der Waals surface area contributed by atoms with Crippen LogP contribution in [0.25, 0.3) is 6.08 Å². The van der Waals surface area contributed by atoms with Crippen molar-refractivity contribution >= 4 is 56.5 Å². The second-order valence-corrected chi connectivity index (χ2v) is 5.43. The van der Waals surface area contributed by atoms with Crippen LogP contribution in [0.3, 0.4) is 0 Å². The fourth-order valence-corrected chi connectivity index (χ4v) is 2.29. The first kappa shape index (κ1) is 14.4. The maximum atomic E-state index is 11.7. The number of halogens is 1. The molecule has 0 aliphatic heterocycles. The SMILES string of the molecule is O=C/C=C/c1csc(NC(=O)Nc2ccc(Br)cc2)n1. The zero-order valence-electron chi connectivity index (χ0n) is 10.2. The Bertz CT molecular complexity index is 637. The third kappa shape index (κ3) is 4.29. The fourth-order valence-electron chi connectivity index (χ4n) is 1.35. The second kappa shape index (κ2) is 6.97. The molecule has 2 rings (SSSR count). The number of aldehydes is 1. The van der Waals surface area contributed by atoms with Gasteiger partial charge in [-0.1, -0.05) is 15.9 Å². The van der Waals surface area contributed by atoms with Gasteiger partial charge in [0.05, 0.1) is 5.69 Å². The Morgan fingerprint density at radius 3 is 2.70 bits per heavy atom. The van der Waals surface area contributed by atoms with E-state index in [2.05, 4.69) is 31.5 Å². The molecule has 0 radical (unpaired) electrons. The number of rotatable bonds is 4. The van der Waals surface area contributed by atoms with E-state index < -0.39 is 0 Å². The van der Waals surface area contributed by atoms with Crippen LogP contribution in [0, 0.1) is 0 Å². The summed E-state index contributed by atoms with van der Waals surface area (Å²) in [5.74, 6) is 0. The molecule has 0 fully saturated rings. The highest BCUT2D eigenvalue weighted by atomic mass is 79.9. The maximum absolute atomic E-state index is 11.7. The number of thiazole rings is 1. The van der Waals surface area contributed by atoms with Crippen LogP contribution in [0.1, 0.15) is 5.69 Å². The standard InChI is InChI=1S/C13H10BrN3O2S/c14-9-3-5-10(6-4-9)15-12(19)17-13-16-11(8-20-13)2-1-7-18/h1-8H,(H2,15,16,17,19)/b2-1+. The van der Waals surface area contributed by atoms with Gasteiger partial charge in [-0.15, -0.1) is 11.3 Å². The molecule has 1 aromatic carbocycles. The van der Waals surface area contributed by atoms with Gasteiger partial charge in [0, 0.05) is 15.5 Å². The van der Waals surface area contributed by atoms with E-state index in [-0.39, 0.29) is 6.03 Å². The molecule has 0 aliphatic carbocycles. The smallest absolute Gasteiger partial charge is 0.308 e. The predicted octanol–water partition coefficient (Wildman–Crippen LogP) is 3.76. The monoisotopic (exact) mass is 351 g/mol. The molecule has 0 bridgehead atoms. The van der Waals surface area contributed by atoms with Gasteiger partial charge in [0.1, 0.15) is 6.29 Å². The number of allylic oxidation sites excluding steroid dienone is 1. The summed E-state index contributed by atoms with van der Waals surface area (Å²) in [4.78, 5) is 26.1. The van der Waals surface area contributed by atoms with E-state index in [1.807, 2.05) is 12.1 Å². The molecule has 0 atom stereocenters. The minimum Gasteiger partial charge on any atom is -0.308 e. The van der Waals surface area contributed by atoms with Crippen LogP contribution in [-0.2, 0) is 4.79 Å². The zero-order valence-corrected chi connectivity index (χ0v) is 12.6. The first-order valence-corrected chi connectivity index (χ1v) is 7.25. The van der Waals surface area contributed by atoms with Crippen molar-refractivity contribution in [2.45, 2.75) is 0 Å². The van der Waals surface area contributed by atoms with Crippen molar-refractivity contribution < 1.29 is 9.59 Å². The number of nitrogens with one attached hydrogen (secondary N) is 2. The van der Waals surface area contributed by atoms with Crippen molar-refractivity contribution in [3.63, 3.8) is 0 Å². The number of amides is 2. The van der Waals surface area contributed by atoms with E-state index in [9.17, 15) is 9.59 Å². The van der Waals surface area contributed by atoms with E-state index in [1.54, 1.807) is 23.6 Å². The van der Waals surface area contributed by atoms with Crippen molar-refractivity contribution in [2.24, 2.45) is 0 Å². The summed E-state index contributed by atoms with van der Waals surface area (Å²) in [7, 11) is 0. The number of aromatic nitrogens is 1. The fraction of sp³-hybridized carbons (Fsp3) is 0. The van der Waals surface area contributed by atoms with E-state index in [0.717, 1.165) is 4.47 Å². The second-order valence-electron chi connectivity index (χ2n) is 3.66. The van der Waals surface area contributed by atoms with Gasteiger partial charge in [-0.3, -0.25) is 10.1 Å². The summed E-state index contributed by atoms with van der Waals surface area (Å²) in [6.45, 7) is 0. The molecule has 102 valence electrons. The Morgan fingerprint density at radius 1 is 1.25 bits per heavy atom. The lowest BCUT2D eigenvalue weighted by Gasteiger charge is -2.05. The van der Waals surface area contributed by atoms with Crippen LogP contribution < -0.4 is 10.6 Å². The maximum Gasteiger partial charge on any atom is 0.325 e. The van der Waals surface area contributed by atoms with Crippen LogP contribution in [-0.4, -0.2) is 17.3 Å². The Morgan fingerprint density at radius 2 is 2.00 bits per heavy atom. The van der Waals surface area contributed by atoms with E-state index >= 15 is 0 Å². The average Bonchev–Trinajstić information content (AvgIpc) is 2.86. The lowest BCUT2D eigenvalue weighted by molar-refractivity contribution is -0.104. The van der Waals surface area contributed by atoms with E-state index in [4.69, 9.17) is 0 Å². The molecule has 20 heavy (non-hydrogen) atoms. The predicted molar refractivity (Wildman–Crippen MR) is 84.0 cm³/mol. The summed E-state index contributed by atoms with van der Waals surface area (Å²) in [5.41, 5.74) is 1.31. The van der Waals surface area contributed by atoms with E-state index in [1.165, 1.54) is 17.4 Å². The summed E-state index contributed by atoms with van der Waals surface area (Å²) in [6, 6.07) is 6.86. The van der Waals surface area contributed by atoms with Crippen LogP contribution >= 0.6 is 27.3 Å². The molecular formula is C13H10BrN3O2S. The molecule has 7 heteroatoms. The van der Waals surface area contributed by atoms with Gasteiger partial charge in [0.2, 0.25) is 0 Å². The number of benzene rings is 1. The van der Waals surface area contributed by atoms with Crippen LogP contribution in [0.4, 0.5) is 15.6 Å². The summed E-state index contributed by atoms with van der Waals surface area (Å²) >= 11 is 4.60. The summed E-state index contributed by atoms with van der Waals surface area (Å²) < 4.78 is 0.940. The first-order chi connectivity index (χ1) is 9.67. The number of carbonyl (C=O) groups is 2. The van der Waals surface area contributed by atoms with Gasteiger partial charge in [-0.2, -0.15) is 0 Å². The normalized spacial score (nSPS) is 10.4. The van der Waals surface area contributed by atoms with Gasteiger partial charge in [-0.05, 0) is 36.4 Å². The minimum atomic E-state index is -0.368. The molecule has 0 unspecified atom stereocenters. The minimum absolute atomic E-state index is 0.368. The van der Waals surface area contributed by atoms with E-state index in [0.29, 0.717) is 22.8 Å². The van der Waals surface area contributed by atoms with Crippen molar-refractivity contribution in [3.8, 4) is 0 Å². The molecular weight excluding hydrogens is 342 g/mol. The van der Waals surface area contributed by atoms with Gasteiger partial charge < -0.3 is 5.32 Å². The number of hydrogen-bond donors (Lipinski definition) is 2. The Labute approximate surface area is 127 Å². The van der Waals surface area contributed by atoms with Gasteiger partial charge >= 0.3 is 6.03 Å². The molecule has 2 N–H and O–H groups in total. The molecule has 5 nitrogen and oxygen atoms in total. The van der Waals surface area contributed by atoms with Crippen LogP contribution in [0.2, 0.25) is 0 Å². The van der Waals surface area contributed by atoms with Crippen molar-refractivity contribution in [1.82, 2.24) is 4.98 Å². The molecule has 0 aliphatic rings. The Kier molecular flexibility index (Phi) is 5.03. The molecule has 2 amide bonds. The zero-order chi connectivity index (χ0) is 14.4. The quantitative estimate of drug-likeness (QED) is 0.650. The molecule has 0 spiro atoms. The van der Waals surface area contributed by atoms with Crippen LogP contribution in [0.5, 0.6) is 0 Å². The van der Waals surface area contributed by atoms with Gasteiger partial charge in [0.25, 0.3) is 0 Å². The number of hydrogen-bond acceptors (Lipinski definition) is 4. The highest BCUT2D eigenvalue weighted by Crippen LogP contribution is 2.17. The summed E-state index contributed by atoms with van der Waals surface area (Å²) in [5, 5.41) is 7.53. The third-order valence-electron chi connectivity index (χ3n) is 2.19. The molecule has 1 aromatic heterocycles. The van der Waals surface area contributed by atoms with Gasteiger partial charge in [-0.25, -0.2) is 9.78 Å². The third-order valence-corrected chi connectivity index (χ3v) is 3.49.